The topological polar surface area (TPSA) is 132 Å². The predicted octanol–water partition coefficient (Wildman–Crippen LogP) is 3.66. The van der Waals surface area contributed by atoms with E-state index < -0.39 is 15.6 Å². The molecule has 37 heavy (non-hydrogen) atoms. The van der Waals surface area contributed by atoms with Crippen molar-refractivity contribution in [2.24, 2.45) is 0 Å². The molecule has 5 rings (SSSR count). The third kappa shape index (κ3) is 4.47. The highest BCUT2D eigenvalue weighted by molar-refractivity contribution is 7.92. The number of fused-ring (bicyclic) bond motifs is 4. The van der Waals surface area contributed by atoms with Gasteiger partial charge in [0.15, 0.2) is 0 Å². The Labute approximate surface area is 214 Å². The number of H-pyrrole nitrogens is 1. The Morgan fingerprint density at radius 1 is 1.19 bits per heavy atom. The SMILES string of the molecule is CCOc1ccc(NS(=O)(=O)c2cc(C(=O)N3C4CCC3c3cc(C#N)c(=O)[nH]c3C4)ccc2C)cc1. The second-order valence-electron chi connectivity index (χ2n) is 9.26. The molecule has 2 bridgehead atoms. The number of carbonyl (C=O) groups is 1. The Balaban J connectivity index is 1.44. The fourth-order valence-corrected chi connectivity index (χ4v) is 6.56. The van der Waals surface area contributed by atoms with Gasteiger partial charge < -0.3 is 14.6 Å². The molecule has 2 aliphatic heterocycles. The summed E-state index contributed by atoms with van der Waals surface area (Å²) < 4.78 is 34.5. The van der Waals surface area contributed by atoms with Crippen LogP contribution < -0.4 is 15.0 Å². The number of carbonyl (C=O) groups excluding carboxylic acids is 1. The number of aromatic amines is 1. The molecule has 1 fully saturated rings. The highest BCUT2D eigenvalue weighted by atomic mass is 32.2. The minimum atomic E-state index is -3.97. The summed E-state index contributed by atoms with van der Waals surface area (Å²) in [4.78, 5) is 30.4. The van der Waals surface area contributed by atoms with E-state index in [2.05, 4.69) is 9.71 Å². The third-order valence-electron chi connectivity index (χ3n) is 6.96. The average Bonchev–Trinajstić information content (AvgIpc) is 3.19. The number of ether oxygens (including phenoxy) is 1. The zero-order valence-electron chi connectivity index (χ0n) is 20.4. The second-order valence-corrected chi connectivity index (χ2v) is 10.9. The van der Waals surface area contributed by atoms with Crippen LogP contribution in [0.15, 0.2) is 58.2 Å². The maximum atomic E-state index is 13.7. The first-order valence-corrected chi connectivity index (χ1v) is 13.6. The van der Waals surface area contributed by atoms with Gasteiger partial charge in [-0.15, -0.1) is 0 Å². The van der Waals surface area contributed by atoms with Crippen LogP contribution in [0, 0.1) is 18.3 Å². The number of aromatic nitrogens is 1. The normalized spacial score (nSPS) is 18.1. The number of amides is 1. The Morgan fingerprint density at radius 3 is 2.65 bits per heavy atom. The van der Waals surface area contributed by atoms with Gasteiger partial charge in [-0.2, -0.15) is 5.26 Å². The van der Waals surface area contributed by atoms with Crippen molar-refractivity contribution in [3.63, 3.8) is 0 Å². The molecule has 190 valence electrons. The quantitative estimate of drug-likeness (QED) is 0.512. The molecule has 2 aromatic carbocycles. The van der Waals surface area contributed by atoms with Crippen LogP contribution in [0.5, 0.6) is 5.75 Å². The van der Waals surface area contributed by atoms with Crippen LogP contribution in [0.4, 0.5) is 5.69 Å². The molecule has 0 radical (unpaired) electrons. The summed E-state index contributed by atoms with van der Waals surface area (Å²) in [5.41, 5.74) is 2.28. The van der Waals surface area contributed by atoms with E-state index in [9.17, 15) is 23.3 Å². The number of nitriles is 1. The molecule has 1 aromatic heterocycles. The van der Waals surface area contributed by atoms with Gasteiger partial charge in [0.05, 0.1) is 17.5 Å². The summed E-state index contributed by atoms with van der Waals surface area (Å²) in [6.45, 7) is 4.06. The number of hydrogen-bond donors (Lipinski definition) is 2. The first-order valence-electron chi connectivity index (χ1n) is 12.1. The molecular formula is C27H26N4O5S. The minimum Gasteiger partial charge on any atom is -0.494 e. The molecule has 2 unspecified atom stereocenters. The number of hydrogen-bond acceptors (Lipinski definition) is 6. The zero-order chi connectivity index (χ0) is 26.3. The summed E-state index contributed by atoms with van der Waals surface area (Å²) in [7, 11) is -3.97. The molecule has 2 aliphatic rings. The first-order chi connectivity index (χ1) is 17.7. The van der Waals surface area contributed by atoms with E-state index in [-0.39, 0.29) is 34.0 Å². The van der Waals surface area contributed by atoms with E-state index in [0.29, 0.717) is 36.4 Å². The first kappa shape index (κ1) is 24.6. The summed E-state index contributed by atoms with van der Waals surface area (Å²) in [5, 5.41) is 9.30. The highest BCUT2D eigenvalue weighted by Crippen LogP contribution is 2.44. The van der Waals surface area contributed by atoms with E-state index in [1.165, 1.54) is 6.07 Å². The van der Waals surface area contributed by atoms with Crippen LogP contribution in [0.25, 0.3) is 0 Å². The number of rotatable bonds is 6. The van der Waals surface area contributed by atoms with E-state index in [4.69, 9.17) is 4.74 Å². The summed E-state index contributed by atoms with van der Waals surface area (Å²) in [5.74, 6) is 0.360. The molecule has 0 spiro atoms. The van der Waals surface area contributed by atoms with Gasteiger partial charge in [-0.3, -0.25) is 14.3 Å². The molecule has 10 heteroatoms. The monoisotopic (exact) mass is 518 g/mol. The lowest BCUT2D eigenvalue weighted by atomic mass is 9.95. The van der Waals surface area contributed by atoms with Gasteiger partial charge >= 0.3 is 0 Å². The molecule has 2 N–H and O–H groups in total. The van der Waals surface area contributed by atoms with Crippen molar-refractivity contribution in [1.29, 1.82) is 5.26 Å². The van der Waals surface area contributed by atoms with Gasteiger partial charge in [0, 0.05) is 29.4 Å². The van der Waals surface area contributed by atoms with Gasteiger partial charge in [-0.1, -0.05) is 6.07 Å². The molecular weight excluding hydrogens is 492 g/mol. The van der Waals surface area contributed by atoms with E-state index >= 15 is 0 Å². The summed E-state index contributed by atoms with van der Waals surface area (Å²) >= 11 is 0. The fraction of sp³-hybridized carbons (Fsp3) is 0.296. The third-order valence-corrected chi connectivity index (χ3v) is 8.48. The Kier molecular flexibility index (Phi) is 6.25. The molecule has 0 saturated carbocycles. The molecule has 0 aliphatic carbocycles. The van der Waals surface area contributed by atoms with Crippen LogP contribution in [0.2, 0.25) is 0 Å². The van der Waals surface area contributed by atoms with E-state index in [1.54, 1.807) is 54.3 Å². The van der Waals surface area contributed by atoms with Gasteiger partial charge in [0.2, 0.25) is 0 Å². The van der Waals surface area contributed by atoms with Crippen LogP contribution in [0.3, 0.4) is 0 Å². The van der Waals surface area contributed by atoms with Crippen molar-refractivity contribution < 1.29 is 17.9 Å². The van der Waals surface area contributed by atoms with Gasteiger partial charge in [-0.25, -0.2) is 8.42 Å². The maximum absolute atomic E-state index is 13.7. The largest absolute Gasteiger partial charge is 0.494 e. The lowest BCUT2D eigenvalue weighted by Gasteiger charge is -2.36. The summed E-state index contributed by atoms with van der Waals surface area (Å²) in [6.07, 6.45) is 1.94. The van der Waals surface area contributed by atoms with Crippen LogP contribution in [-0.4, -0.2) is 36.9 Å². The Morgan fingerprint density at radius 2 is 1.95 bits per heavy atom. The standard InChI is InChI=1S/C27H26N4O5S/c1-3-36-21-9-6-19(7-10-21)30-37(34,35)25-13-17(5-4-16(25)2)27(33)31-20-8-11-24(31)22-12-18(15-28)26(32)29-23(22)14-20/h4-7,9-10,12-13,20,24,30H,3,8,11,14H2,1-2H3,(H,29,32). The molecule has 3 aromatic rings. The van der Waals surface area contributed by atoms with Crippen LogP contribution in [-0.2, 0) is 16.4 Å². The van der Waals surface area contributed by atoms with Crippen molar-refractivity contribution in [3.8, 4) is 11.8 Å². The Hall–Kier alpha value is -4.10. The predicted molar refractivity (Wildman–Crippen MR) is 137 cm³/mol. The van der Waals surface area contributed by atoms with Crippen LogP contribution in [0.1, 0.15) is 58.5 Å². The second kappa shape index (κ2) is 9.41. The average molecular weight is 519 g/mol. The molecule has 9 nitrogen and oxygen atoms in total. The molecule has 2 atom stereocenters. The van der Waals surface area contributed by atoms with Gasteiger partial charge in [0.1, 0.15) is 17.4 Å². The lowest BCUT2D eigenvalue weighted by Crippen LogP contribution is -2.43. The molecule has 3 heterocycles. The number of benzene rings is 2. The highest BCUT2D eigenvalue weighted by Gasteiger charge is 2.43. The van der Waals surface area contributed by atoms with Crippen molar-refractivity contribution in [2.45, 2.75) is 50.1 Å². The molecule has 1 amide bonds. The number of nitrogens with one attached hydrogen (secondary N) is 2. The number of aryl methyl sites for hydroxylation is 1. The Bertz CT molecular complexity index is 1590. The number of nitrogens with zero attached hydrogens (tertiary/aromatic N) is 2. The number of sulfonamides is 1. The van der Waals surface area contributed by atoms with Crippen molar-refractivity contribution in [3.05, 3.63) is 86.8 Å². The number of pyridine rings is 1. The van der Waals surface area contributed by atoms with Crippen molar-refractivity contribution in [1.82, 2.24) is 9.88 Å². The summed E-state index contributed by atoms with van der Waals surface area (Å²) in [6, 6.07) is 14.4. The smallest absolute Gasteiger partial charge is 0.266 e. The lowest BCUT2D eigenvalue weighted by molar-refractivity contribution is 0.0644. The molecule has 1 saturated heterocycles. The van der Waals surface area contributed by atoms with E-state index in [0.717, 1.165) is 17.7 Å². The maximum Gasteiger partial charge on any atom is 0.266 e. The minimum absolute atomic E-state index is 0.0144. The number of anilines is 1. The van der Waals surface area contributed by atoms with Crippen molar-refractivity contribution in [2.75, 3.05) is 11.3 Å². The van der Waals surface area contributed by atoms with Gasteiger partial charge in [0.25, 0.3) is 21.5 Å². The van der Waals surface area contributed by atoms with Gasteiger partial charge in [-0.05, 0) is 80.3 Å². The zero-order valence-corrected chi connectivity index (χ0v) is 21.3. The van der Waals surface area contributed by atoms with Crippen LogP contribution >= 0.6 is 0 Å². The van der Waals surface area contributed by atoms with E-state index in [1.807, 2.05) is 13.0 Å². The van der Waals surface area contributed by atoms with Crippen molar-refractivity contribution >= 4 is 21.6 Å². The fourth-order valence-electron chi connectivity index (χ4n) is 5.23.